The van der Waals surface area contributed by atoms with Crippen molar-refractivity contribution in [1.29, 1.82) is 0 Å². The SMILES string of the molecule is O=S1CCc2nc(N3CCC(c4ccc(Cl)cc4)CC3)c3c(c21)NC(CO)CO3. The van der Waals surface area contributed by atoms with Crippen molar-refractivity contribution in [3.63, 3.8) is 0 Å². The van der Waals surface area contributed by atoms with Crippen molar-refractivity contribution in [1.82, 2.24) is 4.98 Å². The molecule has 154 valence electrons. The largest absolute Gasteiger partial charge is 0.485 e. The second kappa shape index (κ2) is 7.78. The van der Waals surface area contributed by atoms with Crippen LogP contribution in [0.5, 0.6) is 5.75 Å². The van der Waals surface area contributed by atoms with Crippen molar-refractivity contribution in [2.75, 3.05) is 42.3 Å². The summed E-state index contributed by atoms with van der Waals surface area (Å²) in [5.74, 6) is 2.64. The molecule has 4 heterocycles. The number of aromatic nitrogens is 1. The first-order chi connectivity index (χ1) is 14.1. The summed E-state index contributed by atoms with van der Waals surface area (Å²) in [4.78, 5) is 7.94. The number of rotatable bonds is 3. The summed E-state index contributed by atoms with van der Waals surface area (Å²) in [6.07, 6.45) is 2.79. The fourth-order valence-corrected chi connectivity index (χ4v) is 5.96. The molecule has 1 aromatic carbocycles. The summed E-state index contributed by atoms with van der Waals surface area (Å²) in [6.45, 7) is 2.14. The minimum Gasteiger partial charge on any atom is -0.485 e. The van der Waals surface area contributed by atoms with Crippen molar-refractivity contribution in [3.8, 4) is 5.75 Å². The van der Waals surface area contributed by atoms with Gasteiger partial charge in [-0.15, -0.1) is 0 Å². The summed E-state index contributed by atoms with van der Waals surface area (Å²) in [5, 5.41) is 13.7. The van der Waals surface area contributed by atoms with Crippen LogP contribution in [0.15, 0.2) is 29.2 Å². The number of pyridine rings is 1. The number of hydrogen-bond acceptors (Lipinski definition) is 6. The van der Waals surface area contributed by atoms with Crippen LogP contribution in [0.3, 0.4) is 0 Å². The summed E-state index contributed by atoms with van der Waals surface area (Å²) < 4.78 is 18.6. The molecule has 0 aliphatic carbocycles. The highest BCUT2D eigenvalue weighted by Gasteiger charge is 2.35. The van der Waals surface area contributed by atoms with Crippen LogP contribution >= 0.6 is 11.6 Å². The number of aryl methyl sites for hydroxylation is 1. The normalized spacial score (nSPS) is 23.9. The quantitative estimate of drug-likeness (QED) is 0.775. The van der Waals surface area contributed by atoms with Gasteiger partial charge in [-0.25, -0.2) is 4.98 Å². The van der Waals surface area contributed by atoms with E-state index in [1.165, 1.54) is 5.56 Å². The van der Waals surface area contributed by atoms with Gasteiger partial charge >= 0.3 is 0 Å². The van der Waals surface area contributed by atoms with Crippen molar-refractivity contribution in [3.05, 3.63) is 40.5 Å². The Morgan fingerprint density at radius 1 is 1.28 bits per heavy atom. The van der Waals surface area contributed by atoms with E-state index in [1.807, 2.05) is 12.1 Å². The van der Waals surface area contributed by atoms with E-state index in [2.05, 4.69) is 22.3 Å². The number of hydrogen-bond donors (Lipinski definition) is 2. The maximum Gasteiger partial charge on any atom is 0.186 e. The van der Waals surface area contributed by atoms with Gasteiger partial charge in [0.1, 0.15) is 6.61 Å². The summed E-state index contributed by atoms with van der Waals surface area (Å²) in [6, 6.07) is 7.97. The number of nitrogens with zero attached hydrogens (tertiary/aromatic N) is 2. The molecule has 8 heteroatoms. The second-order valence-electron chi connectivity index (χ2n) is 7.86. The zero-order valence-electron chi connectivity index (χ0n) is 16.1. The molecular formula is C21H24ClN3O3S. The summed E-state index contributed by atoms with van der Waals surface area (Å²) in [7, 11) is -1.07. The standard InChI is InChI=1S/C21H24ClN3O3S/c22-15-3-1-13(2-4-15)14-5-8-25(9-6-14)21-19-18(23-16(11-26)12-28-19)20-17(24-21)7-10-29(20)27/h1-4,14,16,23,26H,5-12H2. The van der Waals surface area contributed by atoms with Gasteiger partial charge in [0, 0.05) is 30.3 Å². The van der Waals surface area contributed by atoms with Crippen LogP contribution in [-0.2, 0) is 17.2 Å². The van der Waals surface area contributed by atoms with Gasteiger partial charge in [-0.2, -0.15) is 0 Å². The maximum atomic E-state index is 12.5. The molecule has 5 rings (SSSR count). The average molecular weight is 434 g/mol. The number of benzene rings is 1. The number of aliphatic hydroxyl groups excluding tert-OH is 1. The molecule has 0 amide bonds. The molecule has 6 nitrogen and oxygen atoms in total. The molecule has 3 aliphatic rings. The van der Waals surface area contributed by atoms with Crippen LogP contribution in [0.25, 0.3) is 0 Å². The van der Waals surface area contributed by atoms with E-state index in [-0.39, 0.29) is 12.6 Å². The molecule has 1 fully saturated rings. The molecule has 0 spiro atoms. The molecule has 2 atom stereocenters. The fraction of sp³-hybridized carbons (Fsp3) is 0.476. The average Bonchev–Trinajstić information content (AvgIpc) is 3.14. The molecule has 1 aromatic heterocycles. The summed E-state index contributed by atoms with van der Waals surface area (Å²) in [5.41, 5.74) is 3.00. The van der Waals surface area contributed by atoms with E-state index in [0.717, 1.165) is 59.5 Å². The predicted molar refractivity (Wildman–Crippen MR) is 115 cm³/mol. The molecule has 0 bridgehead atoms. The molecule has 0 radical (unpaired) electrons. The van der Waals surface area contributed by atoms with Gasteiger partial charge < -0.3 is 20.1 Å². The monoisotopic (exact) mass is 433 g/mol. The van der Waals surface area contributed by atoms with E-state index >= 15 is 0 Å². The van der Waals surface area contributed by atoms with Crippen LogP contribution < -0.4 is 15.0 Å². The first-order valence-electron chi connectivity index (χ1n) is 10.1. The first-order valence-corrected chi connectivity index (χ1v) is 11.8. The third kappa shape index (κ3) is 3.49. The van der Waals surface area contributed by atoms with Crippen molar-refractivity contribution in [2.24, 2.45) is 0 Å². The van der Waals surface area contributed by atoms with Crippen molar-refractivity contribution >= 4 is 33.9 Å². The van der Waals surface area contributed by atoms with E-state index in [9.17, 15) is 9.32 Å². The number of fused-ring (bicyclic) bond motifs is 3. The van der Waals surface area contributed by atoms with Gasteiger partial charge in [0.2, 0.25) is 0 Å². The van der Waals surface area contributed by atoms with Gasteiger partial charge in [0.05, 0.1) is 39.7 Å². The highest BCUT2D eigenvalue weighted by molar-refractivity contribution is 7.85. The highest BCUT2D eigenvalue weighted by atomic mass is 35.5. The number of anilines is 2. The van der Waals surface area contributed by atoms with Gasteiger partial charge in [0.15, 0.2) is 11.6 Å². The molecule has 2 aromatic rings. The molecular weight excluding hydrogens is 410 g/mol. The Balaban J connectivity index is 1.42. The maximum absolute atomic E-state index is 12.5. The lowest BCUT2D eigenvalue weighted by molar-refractivity contribution is 0.206. The van der Waals surface area contributed by atoms with Gasteiger partial charge in [-0.1, -0.05) is 23.7 Å². The zero-order valence-corrected chi connectivity index (χ0v) is 17.6. The Morgan fingerprint density at radius 2 is 2.03 bits per heavy atom. The Morgan fingerprint density at radius 3 is 2.76 bits per heavy atom. The van der Waals surface area contributed by atoms with Gasteiger partial charge in [-0.3, -0.25) is 4.21 Å². The van der Waals surface area contributed by atoms with Crippen LogP contribution in [0.2, 0.25) is 5.02 Å². The molecule has 29 heavy (non-hydrogen) atoms. The molecule has 2 N–H and O–H groups in total. The third-order valence-corrected chi connectivity index (χ3v) is 7.77. The first kappa shape index (κ1) is 19.2. The number of aliphatic hydroxyl groups is 1. The minimum atomic E-state index is -1.07. The molecule has 1 saturated heterocycles. The second-order valence-corrected chi connectivity index (χ2v) is 9.81. The van der Waals surface area contributed by atoms with Crippen molar-refractivity contribution < 1.29 is 14.1 Å². The number of piperidine rings is 1. The van der Waals surface area contributed by atoms with Crippen LogP contribution in [0.4, 0.5) is 11.5 Å². The molecule has 3 aliphatic heterocycles. The number of ether oxygens (including phenoxy) is 1. The minimum absolute atomic E-state index is 0.0228. The Labute approximate surface area is 177 Å². The van der Waals surface area contributed by atoms with E-state index in [0.29, 0.717) is 24.0 Å². The van der Waals surface area contributed by atoms with Gasteiger partial charge in [-0.05, 0) is 36.5 Å². The van der Waals surface area contributed by atoms with Crippen LogP contribution in [0, 0.1) is 0 Å². The smallest absolute Gasteiger partial charge is 0.186 e. The number of nitrogens with one attached hydrogen (secondary N) is 1. The van der Waals surface area contributed by atoms with E-state index < -0.39 is 10.8 Å². The topological polar surface area (TPSA) is 74.7 Å². The van der Waals surface area contributed by atoms with E-state index in [4.69, 9.17) is 21.3 Å². The lowest BCUT2D eigenvalue weighted by atomic mass is 9.89. The number of halogens is 1. The Hall–Kier alpha value is -1.83. The van der Waals surface area contributed by atoms with Gasteiger partial charge in [0.25, 0.3) is 0 Å². The van der Waals surface area contributed by atoms with Crippen LogP contribution in [0.1, 0.15) is 30.0 Å². The van der Waals surface area contributed by atoms with Crippen molar-refractivity contribution in [2.45, 2.75) is 36.1 Å². The summed E-state index contributed by atoms with van der Waals surface area (Å²) >= 11 is 6.02. The Kier molecular flexibility index (Phi) is 5.14. The lowest BCUT2D eigenvalue weighted by Gasteiger charge is -2.36. The predicted octanol–water partition coefficient (Wildman–Crippen LogP) is 2.95. The highest BCUT2D eigenvalue weighted by Crippen LogP contribution is 2.45. The van der Waals surface area contributed by atoms with E-state index in [1.54, 1.807) is 0 Å². The van der Waals surface area contributed by atoms with Crippen LogP contribution in [-0.4, -0.2) is 52.4 Å². The zero-order chi connectivity index (χ0) is 20.0. The third-order valence-electron chi connectivity index (χ3n) is 6.05. The fourth-order valence-electron chi connectivity index (χ4n) is 4.46. The molecule has 2 unspecified atom stereocenters. The molecule has 0 saturated carbocycles. The lowest BCUT2D eigenvalue weighted by Crippen LogP contribution is -2.38. The Bertz CT molecular complexity index is 945.